The molecule has 0 aliphatic heterocycles. The highest BCUT2D eigenvalue weighted by Gasteiger charge is 2.05. The number of anilines is 1. The normalized spacial score (nSPS) is 10.3. The molecule has 0 unspecified atom stereocenters. The highest BCUT2D eigenvalue weighted by atomic mass is 79.9. The van der Waals surface area contributed by atoms with E-state index in [2.05, 4.69) is 65.4 Å². The van der Waals surface area contributed by atoms with Gasteiger partial charge in [-0.3, -0.25) is 0 Å². The number of benzene rings is 2. The molecule has 0 aliphatic carbocycles. The molecule has 0 bridgehead atoms. The van der Waals surface area contributed by atoms with Crippen molar-refractivity contribution < 1.29 is 4.74 Å². The third-order valence-corrected chi connectivity index (χ3v) is 3.48. The van der Waals surface area contributed by atoms with Gasteiger partial charge in [0.25, 0.3) is 0 Å². The van der Waals surface area contributed by atoms with Crippen LogP contribution in [0.2, 0.25) is 0 Å². The minimum atomic E-state index is 0.749. The Bertz CT molecular complexity index is 569. The molecule has 0 aliphatic rings. The van der Waals surface area contributed by atoms with Gasteiger partial charge in [-0.15, -0.1) is 0 Å². The van der Waals surface area contributed by atoms with Crippen molar-refractivity contribution in [2.75, 3.05) is 11.9 Å². The van der Waals surface area contributed by atoms with E-state index in [4.69, 9.17) is 4.74 Å². The van der Waals surface area contributed by atoms with Crippen LogP contribution in [0.15, 0.2) is 46.9 Å². The topological polar surface area (TPSA) is 21.3 Å². The monoisotopic (exact) mass is 333 g/mol. The third-order valence-electron chi connectivity index (χ3n) is 2.99. The van der Waals surface area contributed by atoms with Crippen molar-refractivity contribution in [1.82, 2.24) is 0 Å². The van der Waals surface area contributed by atoms with Crippen LogP contribution >= 0.6 is 15.9 Å². The highest BCUT2D eigenvalue weighted by Crippen LogP contribution is 2.24. The highest BCUT2D eigenvalue weighted by molar-refractivity contribution is 9.10. The number of aryl methyl sites for hydroxylation is 1. The molecule has 0 atom stereocenters. The van der Waals surface area contributed by atoms with Crippen LogP contribution in [-0.4, -0.2) is 6.61 Å². The smallest absolute Gasteiger partial charge is 0.124 e. The molecule has 2 rings (SSSR count). The Morgan fingerprint density at radius 1 is 1.15 bits per heavy atom. The molecule has 2 aromatic carbocycles. The molecule has 1 N–H and O–H groups in total. The lowest BCUT2D eigenvalue weighted by Crippen LogP contribution is -2.04. The number of nitrogens with one attached hydrogen (secondary N) is 1. The summed E-state index contributed by atoms with van der Waals surface area (Å²) in [5.41, 5.74) is 3.55. The summed E-state index contributed by atoms with van der Waals surface area (Å²) in [6, 6.07) is 14.5. The second kappa shape index (κ2) is 7.34. The van der Waals surface area contributed by atoms with Crippen molar-refractivity contribution >= 4 is 21.6 Å². The number of ether oxygens (including phenoxy) is 1. The fraction of sp³-hybridized carbons (Fsp3) is 0.294. The molecule has 20 heavy (non-hydrogen) atoms. The van der Waals surface area contributed by atoms with Crippen molar-refractivity contribution in [1.29, 1.82) is 0 Å². The van der Waals surface area contributed by atoms with E-state index in [9.17, 15) is 0 Å². The molecule has 3 heteroatoms. The second-order valence-corrected chi connectivity index (χ2v) is 5.74. The van der Waals surface area contributed by atoms with Gasteiger partial charge in [0.2, 0.25) is 0 Å². The molecule has 2 aromatic rings. The predicted molar refractivity (Wildman–Crippen MR) is 88.4 cm³/mol. The number of halogens is 1. The molecule has 106 valence electrons. The Morgan fingerprint density at radius 2 is 2.00 bits per heavy atom. The molecule has 0 aromatic heterocycles. The molecular weight excluding hydrogens is 314 g/mol. The van der Waals surface area contributed by atoms with E-state index in [-0.39, 0.29) is 0 Å². The Labute approximate surface area is 129 Å². The van der Waals surface area contributed by atoms with Gasteiger partial charge in [0.1, 0.15) is 5.75 Å². The zero-order chi connectivity index (χ0) is 14.4. The van der Waals surface area contributed by atoms with Crippen molar-refractivity contribution in [3.05, 3.63) is 58.1 Å². The third kappa shape index (κ3) is 4.27. The molecule has 2 nitrogen and oxygen atoms in total. The minimum Gasteiger partial charge on any atom is -0.493 e. The molecule has 0 saturated heterocycles. The first-order valence-corrected chi connectivity index (χ1v) is 7.70. The maximum atomic E-state index is 5.79. The maximum absolute atomic E-state index is 5.79. The molecule has 0 fully saturated rings. The summed E-state index contributed by atoms with van der Waals surface area (Å²) in [5, 5.41) is 3.44. The average molecular weight is 334 g/mol. The number of hydrogen-bond acceptors (Lipinski definition) is 2. The average Bonchev–Trinajstić information content (AvgIpc) is 2.44. The van der Waals surface area contributed by atoms with E-state index in [0.29, 0.717) is 0 Å². The Morgan fingerprint density at radius 3 is 2.75 bits per heavy atom. The zero-order valence-corrected chi connectivity index (χ0v) is 13.5. The standard InChI is InChI=1S/C17H20BrNO/c1-3-9-20-17-8-7-15(18)11-14(17)12-19-16-6-4-5-13(2)10-16/h4-8,10-11,19H,3,9,12H2,1-2H3. The van der Waals surface area contributed by atoms with Gasteiger partial charge >= 0.3 is 0 Å². The van der Waals surface area contributed by atoms with Crippen molar-refractivity contribution in [2.45, 2.75) is 26.8 Å². The van der Waals surface area contributed by atoms with Crippen LogP contribution < -0.4 is 10.1 Å². The summed E-state index contributed by atoms with van der Waals surface area (Å²) in [6.07, 6.45) is 1.01. The molecule has 0 saturated carbocycles. The summed E-state index contributed by atoms with van der Waals surface area (Å²) < 4.78 is 6.86. The van der Waals surface area contributed by atoms with Crippen molar-refractivity contribution in [3.8, 4) is 5.75 Å². The van der Waals surface area contributed by atoms with Crippen molar-refractivity contribution in [3.63, 3.8) is 0 Å². The zero-order valence-electron chi connectivity index (χ0n) is 11.9. The van der Waals surface area contributed by atoms with Gasteiger partial charge in [-0.1, -0.05) is 35.0 Å². The van der Waals surface area contributed by atoms with Crippen LogP contribution in [0.5, 0.6) is 5.75 Å². The van der Waals surface area contributed by atoms with Crippen LogP contribution in [0.4, 0.5) is 5.69 Å². The van der Waals surface area contributed by atoms with E-state index >= 15 is 0 Å². The Hall–Kier alpha value is -1.48. The SMILES string of the molecule is CCCOc1ccc(Br)cc1CNc1cccc(C)c1. The molecule has 0 heterocycles. The minimum absolute atomic E-state index is 0.749. The summed E-state index contributed by atoms with van der Waals surface area (Å²) in [7, 11) is 0. The first-order valence-electron chi connectivity index (χ1n) is 6.91. The van der Waals surface area contributed by atoms with Gasteiger partial charge in [-0.05, 0) is 49.2 Å². The van der Waals surface area contributed by atoms with Crippen LogP contribution in [0.1, 0.15) is 24.5 Å². The van der Waals surface area contributed by atoms with E-state index in [1.54, 1.807) is 0 Å². The maximum Gasteiger partial charge on any atom is 0.124 e. The summed E-state index contributed by atoms with van der Waals surface area (Å²) >= 11 is 3.52. The van der Waals surface area contributed by atoms with Crippen LogP contribution in [0.3, 0.4) is 0 Å². The van der Waals surface area contributed by atoms with E-state index in [1.165, 1.54) is 5.56 Å². The van der Waals surface area contributed by atoms with E-state index in [0.717, 1.165) is 41.0 Å². The van der Waals surface area contributed by atoms with Gasteiger partial charge in [-0.2, -0.15) is 0 Å². The van der Waals surface area contributed by atoms with Crippen molar-refractivity contribution in [2.24, 2.45) is 0 Å². The summed E-state index contributed by atoms with van der Waals surface area (Å²) in [5.74, 6) is 0.954. The van der Waals surface area contributed by atoms with Gasteiger partial charge in [-0.25, -0.2) is 0 Å². The molecular formula is C17H20BrNO. The largest absolute Gasteiger partial charge is 0.493 e. The van der Waals surface area contributed by atoms with Gasteiger partial charge < -0.3 is 10.1 Å². The summed E-state index contributed by atoms with van der Waals surface area (Å²) in [4.78, 5) is 0. The second-order valence-electron chi connectivity index (χ2n) is 4.82. The predicted octanol–water partition coefficient (Wildman–Crippen LogP) is 5.16. The van der Waals surface area contributed by atoms with Gasteiger partial charge in [0, 0.05) is 22.3 Å². The van der Waals surface area contributed by atoms with Gasteiger partial charge in [0.15, 0.2) is 0 Å². The fourth-order valence-corrected chi connectivity index (χ4v) is 2.40. The molecule has 0 spiro atoms. The van der Waals surface area contributed by atoms with Crippen LogP contribution in [0.25, 0.3) is 0 Å². The first kappa shape index (κ1) is 14.9. The first-order chi connectivity index (χ1) is 9.69. The quantitative estimate of drug-likeness (QED) is 0.788. The van der Waals surface area contributed by atoms with E-state index in [1.807, 2.05) is 12.1 Å². The lowest BCUT2D eigenvalue weighted by atomic mass is 10.2. The molecule has 0 radical (unpaired) electrons. The Balaban J connectivity index is 2.09. The lowest BCUT2D eigenvalue weighted by Gasteiger charge is -2.13. The van der Waals surface area contributed by atoms with E-state index < -0.39 is 0 Å². The van der Waals surface area contributed by atoms with Crippen LogP contribution in [0, 0.1) is 6.92 Å². The molecule has 0 amide bonds. The fourth-order valence-electron chi connectivity index (χ4n) is 1.99. The van der Waals surface area contributed by atoms with Crippen LogP contribution in [-0.2, 0) is 6.54 Å². The lowest BCUT2D eigenvalue weighted by molar-refractivity contribution is 0.314. The summed E-state index contributed by atoms with van der Waals surface area (Å²) in [6.45, 7) is 5.71. The number of hydrogen-bond donors (Lipinski definition) is 1. The Kier molecular flexibility index (Phi) is 5.48. The number of rotatable bonds is 6. The van der Waals surface area contributed by atoms with Gasteiger partial charge in [0.05, 0.1) is 6.61 Å².